The Balaban J connectivity index is 2.15. The summed E-state index contributed by atoms with van der Waals surface area (Å²) in [5.41, 5.74) is 6.00. The third-order valence-corrected chi connectivity index (χ3v) is 5.26. The second-order valence-corrected chi connectivity index (χ2v) is 7.34. The van der Waals surface area contributed by atoms with Crippen LogP contribution >= 0.6 is 0 Å². The molecular weight excluding hydrogens is 284 g/mol. The van der Waals surface area contributed by atoms with E-state index in [2.05, 4.69) is 23.5 Å². The van der Waals surface area contributed by atoms with E-state index in [0.717, 1.165) is 19.3 Å². The molecule has 1 fully saturated rings. The highest BCUT2D eigenvalue weighted by Gasteiger charge is 2.24. The SMILES string of the molecule is CC1CCCC(NS(=O)(=O)c2cccc(C#CCN)c2)C1. The van der Waals surface area contributed by atoms with Gasteiger partial charge in [-0.15, -0.1) is 0 Å². The molecule has 1 saturated carbocycles. The molecule has 21 heavy (non-hydrogen) atoms. The molecule has 2 atom stereocenters. The van der Waals surface area contributed by atoms with Gasteiger partial charge in [-0.05, 0) is 37.0 Å². The number of hydrogen-bond donors (Lipinski definition) is 2. The zero-order chi connectivity index (χ0) is 15.3. The van der Waals surface area contributed by atoms with Crippen molar-refractivity contribution < 1.29 is 8.42 Å². The Bertz CT molecular complexity index is 644. The summed E-state index contributed by atoms with van der Waals surface area (Å²) in [5, 5.41) is 0. The summed E-state index contributed by atoms with van der Waals surface area (Å²) in [6, 6.07) is 6.72. The third kappa shape index (κ3) is 4.57. The molecule has 0 heterocycles. The number of nitrogens with two attached hydrogens (primary N) is 1. The molecule has 5 heteroatoms. The Kier molecular flexibility index (Phi) is 5.40. The summed E-state index contributed by atoms with van der Waals surface area (Å²) >= 11 is 0. The van der Waals surface area contributed by atoms with Crippen molar-refractivity contribution in [3.63, 3.8) is 0 Å². The molecule has 4 nitrogen and oxygen atoms in total. The monoisotopic (exact) mass is 306 g/mol. The fourth-order valence-corrected chi connectivity index (χ4v) is 4.05. The van der Waals surface area contributed by atoms with Crippen molar-refractivity contribution in [2.24, 2.45) is 11.7 Å². The normalized spacial score (nSPS) is 22.4. The molecule has 1 aromatic carbocycles. The minimum atomic E-state index is -3.48. The van der Waals surface area contributed by atoms with Gasteiger partial charge in [0.15, 0.2) is 0 Å². The molecule has 2 rings (SSSR count). The number of rotatable bonds is 3. The first kappa shape index (κ1) is 16.0. The van der Waals surface area contributed by atoms with Gasteiger partial charge in [0.2, 0.25) is 10.0 Å². The van der Waals surface area contributed by atoms with Crippen molar-refractivity contribution in [3.8, 4) is 11.8 Å². The molecule has 0 amide bonds. The van der Waals surface area contributed by atoms with Crippen LogP contribution in [-0.2, 0) is 10.0 Å². The van der Waals surface area contributed by atoms with Crippen LogP contribution in [0.2, 0.25) is 0 Å². The molecule has 1 aliphatic rings. The number of hydrogen-bond acceptors (Lipinski definition) is 3. The maximum Gasteiger partial charge on any atom is 0.240 e. The van der Waals surface area contributed by atoms with Gasteiger partial charge < -0.3 is 5.73 Å². The summed E-state index contributed by atoms with van der Waals surface area (Å²) in [7, 11) is -3.48. The summed E-state index contributed by atoms with van der Waals surface area (Å²) < 4.78 is 27.7. The van der Waals surface area contributed by atoms with Crippen molar-refractivity contribution in [1.82, 2.24) is 4.72 Å². The van der Waals surface area contributed by atoms with Crippen LogP contribution in [0.25, 0.3) is 0 Å². The molecule has 3 N–H and O–H groups in total. The largest absolute Gasteiger partial charge is 0.320 e. The first-order valence-electron chi connectivity index (χ1n) is 7.32. The molecule has 2 unspecified atom stereocenters. The van der Waals surface area contributed by atoms with E-state index in [1.807, 2.05) is 0 Å². The van der Waals surface area contributed by atoms with Crippen LogP contribution in [0.15, 0.2) is 29.2 Å². The van der Waals surface area contributed by atoms with E-state index >= 15 is 0 Å². The van der Waals surface area contributed by atoms with Crippen molar-refractivity contribution >= 4 is 10.0 Å². The summed E-state index contributed by atoms with van der Waals surface area (Å²) in [5.74, 6) is 6.17. The lowest BCUT2D eigenvalue weighted by atomic mass is 9.88. The highest BCUT2D eigenvalue weighted by atomic mass is 32.2. The maximum atomic E-state index is 12.4. The minimum Gasteiger partial charge on any atom is -0.320 e. The molecular formula is C16H22N2O2S. The molecule has 0 saturated heterocycles. The van der Waals surface area contributed by atoms with Crippen LogP contribution in [0.5, 0.6) is 0 Å². The Morgan fingerprint density at radius 3 is 2.90 bits per heavy atom. The van der Waals surface area contributed by atoms with E-state index in [1.165, 1.54) is 6.42 Å². The third-order valence-electron chi connectivity index (χ3n) is 3.74. The maximum absolute atomic E-state index is 12.4. The second kappa shape index (κ2) is 7.08. The Labute approximate surface area is 127 Å². The highest BCUT2D eigenvalue weighted by molar-refractivity contribution is 7.89. The predicted octanol–water partition coefficient (Wildman–Crippen LogP) is 1.85. The topological polar surface area (TPSA) is 72.2 Å². The van der Waals surface area contributed by atoms with Gasteiger partial charge in [-0.2, -0.15) is 0 Å². The fourth-order valence-electron chi connectivity index (χ4n) is 2.72. The van der Waals surface area contributed by atoms with Gasteiger partial charge in [0, 0.05) is 11.6 Å². The number of sulfonamides is 1. The van der Waals surface area contributed by atoms with Crippen molar-refractivity contribution in [2.45, 2.75) is 43.5 Å². The van der Waals surface area contributed by atoms with Crippen LogP contribution in [0.1, 0.15) is 38.2 Å². The lowest BCUT2D eigenvalue weighted by Crippen LogP contribution is -2.37. The number of nitrogens with one attached hydrogen (secondary N) is 1. The van der Waals surface area contributed by atoms with Crippen LogP contribution in [0, 0.1) is 17.8 Å². The van der Waals surface area contributed by atoms with Crippen molar-refractivity contribution in [1.29, 1.82) is 0 Å². The standard InChI is InChI=1S/C16H22N2O2S/c1-13-5-2-8-15(11-13)18-21(19,20)16-9-3-6-14(12-16)7-4-10-17/h3,6,9,12-13,15,18H,2,5,8,10-11,17H2,1H3. The van der Waals surface area contributed by atoms with E-state index in [0.29, 0.717) is 11.5 Å². The van der Waals surface area contributed by atoms with Gasteiger partial charge in [-0.25, -0.2) is 13.1 Å². The van der Waals surface area contributed by atoms with Gasteiger partial charge in [0.25, 0.3) is 0 Å². The summed E-state index contributed by atoms with van der Waals surface area (Å²) in [4.78, 5) is 0.268. The fraction of sp³-hybridized carbons (Fsp3) is 0.500. The zero-order valence-corrected chi connectivity index (χ0v) is 13.1. The zero-order valence-electron chi connectivity index (χ0n) is 12.3. The lowest BCUT2D eigenvalue weighted by molar-refractivity contribution is 0.327. The van der Waals surface area contributed by atoms with Crippen LogP contribution in [-0.4, -0.2) is 21.0 Å². The molecule has 0 spiro atoms. The summed E-state index contributed by atoms with van der Waals surface area (Å²) in [6.45, 7) is 2.43. The average Bonchev–Trinajstić information content (AvgIpc) is 2.45. The van der Waals surface area contributed by atoms with Crippen molar-refractivity contribution in [2.75, 3.05) is 6.54 Å². The lowest BCUT2D eigenvalue weighted by Gasteiger charge is -2.27. The quantitative estimate of drug-likeness (QED) is 0.837. The first-order chi connectivity index (χ1) is 10.0. The van der Waals surface area contributed by atoms with Crippen LogP contribution < -0.4 is 10.5 Å². The van der Waals surface area contributed by atoms with Gasteiger partial charge in [0.1, 0.15) is 0 Å². The highest BCUT2D eigenvalue weighted by Crippen LogP contribution is 2.25. The molecule has 0 aromatic heterocycles. The molecule has 114 valence electrons. The molecule has 0 bridgehead atoms. The molecule has 1 aromatic rings. The van der Waals surface area contributed by atoms with Crippen LogP contribution in [0.3, 0.4) is 0 Å². The van der Waals surface area contributed by atoms with E-state index in [-0.39, 0.29) is 17.5 Å². The van der Waals surface area contributed by atoms with E-state index in [4.69, 9.17) is 5.73 Å². The number of benzene rings is 1. The Morgan fingerprint density at radius 2 is 2.19 bits per heavy atom. The molecule has 0 radical (unpaired) electrons. The van der Waals surface area contributed by atoms with E-state index in [9.17, 15) is 8.42 Å². The minimum absolute atomic E-state index is 0.0394. The van der Waals surface area contributed by atoms with Crippen LogP contribution in [0.4, 0.5) is 0 Å². The predicted molar refractivity (Wildman–Crippen MR) is 84.1 cm³/mol. The van der Waals surface area contributed by atoms with Gasteiger partial charge in [-0.3, -0.25) is 0 Å². The van der Waals surface area contributed by atoms with Gasteiger partial charge >= 0.3 is 0 Å². The van der Waals surface area contributed by atoms with E-state index in [1.54, 1.807) is 24.3 Å². The molecule has 0 aliphatic heterocycles. The van der Waals surface area contributed by atoms with Crippen molar-refractivity contribution in [3.05, 3.63) is 29.8 Å². The Morgan fingerprint density at radius 1 is 1.38 bits per heavy atom. The first-order valence-corrected chi connectivity index (χ1v) is 8.81. The van der Waals surface area contributed by atoms with Gasteiger partial charge in [0.05, 0.1) is 11.4 Å². The summed E-state index contributed by atoms with van der Waals surface area (Å²) in [6.07, 6.45) is 4.08. The van der Waals surface area contributed by atoms with E-state index < -0.39 is 10.0 Å². The average molecular weight is 306 g/mol. The van der Waals surface area contributed by atoms with Gasteiger partial charge in [-0.1, -0.05) is 37.7 Å². The second-order valence-electron chi connectivity index (χ2n) is 5.62. The Hall–Kier alpha value is -1.35. The smallest absolute Gasteiger partial charge is 0.240 e. The molecule has 1 aliphatic carbocycles.